The SMILES string of the molecule is O=C(C1CCCCC1)N1CCSC(c2cc(F)ccc2F)CC1. The molecule has 1 saturated carbocycles. The van der Waals surface area contributed by atoms with Gasteiger partial charge in [0.1, 0.15) is 11.6 Å². The van der Waals surface area contributed by atoms with E-state index in [4.69, 9.17) is 0 Å². The lowest BCUT2D eigenvalue weighted by Gasteiger charge is -2.28. The zero-order valence-corrected chi connectivity index (χ0v) is 14.1. The molecule has 1 saturated heterocycles. The molecule has 1 amide bonds. The minimum atomic E-state index is -0.401. The zero-order valence-electron chi connectivity index (χ0n) is 13.3. The van der Waals surface area contributed by atoms with Crippen LogP contribution in [0.1, 0.15) is 49.3 Å². The minimum Gasteiger partial charge on any atom is -0.342 e. The smallest absolute Gasteiger partial charge is 0.225 e. The fourth-order valence-corrected chi connectivity index (χ4v) is 4.85. The molecule has 1 atom stereocenters. The quantitative estimate of drug-likeness (QED) is 0.788. The van der Waals surface area contributed by atoms with Crippen molar-refractivity contribution in [3.8, 4) is 0 Å². The summed E-state index contributed by atoms with van der Waals surface area (Å²) in [7, 11) is 0. The molecule has 1 unspecified atom stereocenters. The van der Waals surface area contributed by atoms with Crippen LogP contribution in [-0.2, 0) is 4.79 Å². The molecule has 0 aromatic heterocycles. The Morgan fingerprint density at radius 2 is 1.87 bits per heavy atom. The molecule has 0 bridgehead atoms. The van der Waals surface area contributed by atoms with Crippen molar-refractivity contribution in [2.45, 2.75) is 43.8 Å². The number of carbonyl (C=O) groups excluding carboxylic acids is 1. The lowest BCUT2D eigenvalue weighted by molar-refractivity contribution is -0.136. The molecule has 1 aliphatic heterocycles. The van der Waals surface area contributed by atoms with E-state index < -0.39 is 5.82 Å². The molecule has 3 rings (SSSR count). The second-order valence-corrected chi connectivity index (χ2v) is 7.78. The Kier molecular flexibility index (Phi) is 5.57. The molecule has 126 valence electrons. The van der Waals surface area contributed by atoms with Gasteiger partial charge >= 0.3 is 0 Å². The molecule has 5 heteroatoms. The van der Waals surface area contributed by atoms with Gasteiger partial charge in [0.15, 0.2) is 0 Å². The Hall–Kier alpha value is -1.10. The highest BCUT2D eigenvalue weighted by atomic mass is 32.2. The summed E-state index contributed by atoms with van der Waals surface area (Å²) in [5.41, 5.74) is 0.432. The Morgan fingerprint density at radius 1 is 1.09 bits per heavy atom. The number of amides is 1. The second-order valence-electron chi connectivity index (χ2n) is 6.47. The summed E-state index contributed by atoms with van der Waals surface area (Å²) < 4.78 is 27.4. The van der Waals surface area contributed by atoms with Gasteiger partial charge in [0, 0.05) is 35.6 Å². The van der Waals surface area contributed by atoms with E-state index >= 15 is 0 Å². The molecule has 1 aromatic rings. The summed E-state index contributed by atoms with van der Waals surface area (Å²) in [4.78, 5) is 14.6. The van der Waals surface area contributed by atoms with Crippen LogP contribution in [0.4, 0.5) is 8.78 Å². The highest BCUT2D eigenvalue weighted by molar-refractivity contribution is 7.99. The van der Waals surface area contributed by atoms with Gasteiger partial charge in [0.2, 0.25) is 5.91 Å². The fourth-order valence-electron chi connectivity index (χ4n) is 3.61. The summed E-state index contributed by atoms with van der Waals surface area (Å²) in [6.45, 7) is 1.36. The average molecular weight is 339 g/mol. The number of benzene rings is 1. The Morgan fingerprint density at radius 3 is 2.65 bits per heavy atom. The van der Waals surface area contributed by atoms with Gasteiger partial charge < -0.3 is 4.90 Å². The highest BCUT2D eigenvalue weighted by Gasteiger charge is 2.29. The molecule has 2 fully saturated rings. The zero-order chi connectivity index (χ0) is 16.2. The normalized spacial score (nSPS) is 23.6. The first-order valence-electron chi connectivity index (χ1n) is 8.50. The molecule has 2 nitrogen and oxygen atoms in total. The largest absolute Gasteiger partial charge is 0.342 e. The third kappa shape index (κ3) is 4.06. The molecular weight excluding hydrogens is 316 g/mol. The number of nitrogens with zero attached hydrogens (tertiary/aromatic N) is 1. The van der Waals surface area contributed by atoms with Crippen molar-refractivity contribution in [2.24, 2.45) is 5.92 Å². The van der Waals surface area contributed by atoms with Crippen molar-refractivity contribution in [2.75, 3.05) is 18.8 Å². The maximum atomic E-state index is 14.0. The molecule has 1 heterocycles. The van der Waals surface area contributed by atoms with Gasteiger partial charge in [0.05, 0.1) is 0 Å². The van der Waals surface area contributed by atoms with Gasteiger partial charge in [-0.25, -0.2) is 8.78 Å². The number of hydrogen-bond acceptors (Lipinski definition) is 2. The maximum absolute atomic E-state index is 14.0. The molecule has 23 heavy (non-hydrogen) atoms. The Balaban J connectivity index is 1.64. The van der Waals surface area contributed by atoms with E-state index in [0.717, 1.165) is 37.5 Å². The molecule has 2 aliphatic rings. The highest BCUT2D eigenvalue weighted by Crippen LogP contribution is 2.36. The minimum absolute atomic E-state index is 0.0742. The number of thioether (sulfide) groups is 1. The predicted molar refractivity (Wildman–Crippen MR) is 89.3 cm³/mol. The van der Waals surface area contributed by atoms with E-state index in [1.54, 1.807) is 11.8 Å². The van der Waals surface area contributed by atoms with E-state index in [1.165, 1.54) is 18.6 Å². The number of hydrogen-bond donors (Lipinski definition) is 0. The molecule has 0 N–H and O–H groups in total. The molecule has 1 aliphatic carbocycles. The first kappa shape index (κ1) is 16.7. The van der Waals surface area contributed by atoms with Crippen molar-refractivity contribution >= 4 is 17.7 Å². The van der Waals surface area contributed by atoms with Crippen molar-refractivity contribution in [3.05, 3.63) is 35.4 Å². The number of rotatable bonds is 2. The van der Waals surface area contributed by atoms with Crippen LogP contribution in [0.15, 0.2) is 18.2 Å². The van der Waals surface area contributed by atoms with Crippen LogP contribution in [-0.4, -0.2) is 29.6 Å². The standard InChI is InChI=1S/C18H23F2NOS/c19-14-6-7-16(20)15(12-14)17-8-9-21(10-11-23-17)18(22)13-4-2-1-3-5-13/h6-7,12-13,17H,1-5,8-11H2. The van der Waals surface area contributed by atoms with E-state index in [-0.39, 0.29) is 22.9 Å². The van der Waals surface area contributed by atoms with Crippen molar-refractivity contribution in [3.63, 3.8) is 0 Å². The van der Waals surface area contributed by atoms with E-state index in [9.17, 15) is 13.6 Å². The third-order valence-electron chi connectivity index (χ3n) is 4.91. The fraction of sp³-hybridized carbons (Fsp3) is 0.611. The van der Waals surface area contributed by atoms with Crippen LogP contribution in [0.3, 0.4) is 0 Å². The summed E-state index contributed by atoms with van der Waals surface area (Å²) >= 11 is 1.63. The predicted octanol–water partition coefficient (Wildman–Crippen LogP) is 4.55. The van der Waals surface area contributed by atoms with Crippen molar-refractivity contribution < 1.29 is 13.6 Å². The Bertz CT molecular complexity index is 560. The van der Waals surface area contributed by atoms with E-state index in [0.29, 0.717) is 25.1 Å². The lowest BCUT2D eigenvalue weighted by atomic mass is 9.88. The van der Waals surface area contributed by atoms with E-state index in [2.05, 4.69) is 0 Å². The summed E-state index contributed by atoms with van der Waals surface area (Å²) in [6, 6.07) is 3.64. The molecular formula is C18H23F2NOS. The van der Waals surface area contributed by atoms with Crippen LogP contribution < -0.4 is 0 Å². The van der Waals surface area contributed by atoms with Gasteiger partial charge in [-0.1, -0.05) is 19.3 Å². The molecule has 1 aromatic carbocycles. The lowest BCUT2D eigenvalue weighted by Crippen LogP contribution is -2.38. The van der Waals surface area contributed by atoms with Crippen LogP contribution in [0, 0.1) is 17.6 Å². The molecule has 0 radical (unpaired) electrons. The van der Waals surface area contributed by atoms with Gasteiger partial charge in [0.25, 0.3) is 0 Å². The van der Waals surface area contributed by atoms with Crippen LogP contribution >= 0.6 is 11.8 Å². The second kappa shape index (κ2) is 7.65. The van der Waals surface area contributed by atoms with Gasteiger partial charge in [-0.3, -0.25) is 4.79 Å². The van der Waals surface area contributed by atoms with Crippen LogP contribution in [0.2, 0.25) is 0 Å². The van der Waals surface area contributed by atoms with Gasteiger partial charge in [-0.05, 0) is 37.5 Å². The topological polar surface area (TPSA) is 20.3 Å². The number of carbonyl (C=O) groups is 1. The Labute approximate surface area is 140 Å². The third-order valence-corrected chi connectivity index (χ3v) is 6.22. The summed E-state index contributed by atoms with van der Waals surface area (Å²) in [5.74, 6) is 0.471. The van der Waals surface area contributed by atoms with Gasteiger partial charge in [-0.2, -0.15) is 11.8 Å². The summed E-state index contributed by atoms with van der Waals surface area (Å²) in [5, 5.41) is -0.0742. The van der Waals surface area contributed by atoms with E-state index in [1.807, 2.05) is 4.90 Å². The van der Waals surface area contributed by atoms with Gasteiger partial charge in [-0.15, -0.1) is 0 Å². The van der Waals surface area contributed by atoms with Crippen molar-refractivity contribution in [1.29, 1.82) is 0 Å². The van der Waals surface area contributed by atoms with Crippen LogP contribution in [0.25, 0.3) is 0 Å². The monoisotopic (exact) mass is 339 g/mol. The average Bonchev–Trinajstić information content (AvgIpc) is 2.83. The first-order chi connectivity index (χ1) is 11.1. The van der Waals surface area contributed by atoms with Crippen molar-refractivity contribution in [1.82, 2.24) is 4.90 Å². The first-order valence-corrected chi connectivity index (χ1v) is 9.55. The van der Waals surface area contributed by atoms with Crippen LogP contribution in [0.5, 0.6) is 0 Å². The number of halogens is 2. The summed E-state index contributed by atoms with van der Waals surface area (Å²) in [6.07, 6.45) is 6.23. The molecule has 0 spiro atoms. The maximum Gasteiger partial charge on any atom is 0.225 e.